The first-order chi connectivity index (χ1) is 17.2. The Labute approximate surface area is 212 Å². The largest absolute Gasteiger partial charge is 0.374 e. The van der Waals surface area contributed by atoms with E-state index in [9.17, 15) is 17.8 Å². The van der Waals surface area contributed by atoms with Crippen LogP contribution in [0.1, 0.15) is 36.0 Å². The number of ether oxygens (including phenoxy) is 1. The summed E-state index contributed by atoms with van der Waals surface area (Å²) in [6.45, 7) is 3.68. The van der Waals surface area contributed by atoms with Crippen molar-refractivity contribution in [3.05, 3.63) is 87.5 Å². The van der Waals surface area contributed by atoms with Gasteiger partial charge < -0.3 is 14.8 Å². The Morgan fingerprint density at radius 3 is 2.50 bits per heavy atom. The lowest BCUT2D eigenvalue weighted by atomic mass is 10.2. The van der Waals surface area contributed by atoms with Crippen LogP contribution in [0.5, 0.6) is 0 Å². The number of benzene rings is 2. The van der Waals surface area contributed by atoms with Gasteiger partial charge in [-0.25, -0.2) is 13.0 Å². The summed E-state index contributed by atoms with van der Waals surface area (Å²) in [7, 11) is -0.0655. The van der Waals surface area contributed by atoms with Crippen molar-refractivity contribution in [3.8, 4) is 0 Å². The molecule has 0 spiro atoms. The molecule has 4 rings (SSSR count). The summed E-state index contributed by atoms with van der Waals surface area (Å²) in [6, 6.07) is 15.8. The number of alkyl halides is 1. The van der Waals surface area contributed by atoms with Crippen LogP contribution in [0, 0.1) is 19.7 Å². The van der Waals surface area contributed by atoms with Crippen molar-refractivity contribution in [2.75, 3.05) is 16.6 Å². The van der Waals surface area contributed by atoms with E-state index in [4.69, 9.17) is 4.74 Å². The number of aryl methyl sites for hydroxylation is 2. The summed E-state index contributed by atoms with van der Waals surface area (Å²) in [6.07, 6.45) is 0.0714. The summed E-state index contributed by atoms with van der Waals surface area (Å²) < 4.78 is 51.8. The Balaban J connectivity index is 1.46. The lowest BCUT2D eigenvalue weighted by Crippen LogP contribution is -2.30. The van der Waals surface area contributed by atoms with Gasteiger partial charge in [0.05, 0.1) is 29.3 Å². The molecular formula is C27H31F2N3O3S. The zero-order chi connectivity index (χ0) is 25.9. The molecule has 0 bridgehead atoms. The molecule has 0 saturated heterocycles. The molecule has 2 unspecified atom stereocenters. The van der Waals surface area contributed by atoms with Crippen LogP contribution >= 0.6 is 0 Å². The van der Waals surface area contributed by atoms with Crippen molar-refractivity contribution in [2.24, 2.45) is 7.05 Å². The molecule has 3 aromatic rings. The molecule has 1 fully saturated rings. The van der Waals surface area contributed by atoms with Gasteiger partial charge in [0.1, 0.15) is 28.8 Å². The Hall–Kier alpha value is -3.04. The highest BCUT2D eigenvalue weighted by atomic mass is 32.2. The zero-order valence-electron chi connectivity index (χ0n) is 20.6. The van der Waals surface area contributed by atoms with Crippen LogP contribution in [0.3, 0.4) is 0 Å². The Kier molecular flexibility index (Phi) is 7.90. The molecule has 0 aliphatic heterocycles. The van der Waals surface area contributed by atoms with Gasteiger partial charge in [0.2, 0.25) is 0 Å². The molecule has 2 aromatic carbocycles. The van der Waals surface area contributed by atoms with E-state index in [2.05, 4.69) is 10.0 Å². The summed E-state index contributed by atoms with van der Waals surface area (Å²) in [5.74, 6) is -0.190. The third-order valence-electron chi connectivity index (χ3n) is 6.38. The van der Waals surface area contributed by atoms with Gasteiger partial charge in [0.25, 0.3) is 5.56 Å². The van der Waals surface area contributed by atoms with Gasteiger partial charge >= 0.3 is 0 Å². The Morgan fingerprint density at radius 1 is 1.11 bits per heavy atom. The van der Waals surface area contributed by atoms with Crippen molar-refractivity contribution in [2.45, 2.75) is 50.6 Å². The molecule has 0 radical (unpaired) electrons. The van der Waals surface area contributed by atoms with E-state index in [1.54, 1.807) is 39.1 Å². The van der Waals surface area contributed by atoms with Gasteiger partial charge in [-0.2, -0.15) is 0 Å². The van der Waals surface area contributed by atoms with Crippen molar-refractivity contribution < 1.29 is 17.7 Å². The molecule has 1 heterocycles. The fourth-order valence-corrected chi connectivity index (χ4v) is 5.50. The predicted octanol–water partition coefficient (Wildman–Crippen LogP) is 5.44. The number of rotatable bonds is 11. The van der Waals surface area contributed by atoms with Crippen LogP contribution in [0.15, 0.2) is 59.4 Å². The van der Waals surface area contributed by atoms with Gasteiger partial charge in [0, 0.05) is 12.6 Å². The maximum absolute atomic E-state index is 14.8. The van der Waals surface area contributed by atoms with E-state index in [-0.39, 0.29) is 30.1 Å². The second-order valence-corrected chi connectivity index (χ2v) is 11.0. The molecule has 2 atom stereocenters. The van der Waals surface area contributed by atoms with E-state index in [1.807, 2.05) is 30.3 Å². The van der Waals surface area contributed by atoms with Crippen molar-refractivity contribution in [3.63, 3.8) is 0 Å². The summed E-state index contributed by atoms with van der Waals surface area (Å²) in [5.41, 5.74) is 2.48. The molecule has 9 heteroatoms. The lowest BCUT2D eigenvalue weighted by Gasteiger charge is -2.22. The van der Waals surface area contributed by atoms with E-state index >= 15 is 0 Å². The van der Waals surface area contributed by atoms with Gasteiger partial charge in [-0.05, 0) is 62.4 Å². The second-order valence-electron chi connectivity index (χ2n) is 9.42. The highest BCUT2D eigenvalue weighted by Gasteiger charge is 2.50. The zero-order valence-corrected chi connectivity index (χ0v) is 21.5. The Bertz CT molecular complexity index is 1310. The molecule has 6 nitrogen and oxygen atoms in total. The maximum atomic E-state index is 14.8. The van der Waals surface area contributed by atoms with Crippen molar-refractivity contribution in [1.82, 2.24) is 4.57 Å². The summed E-state index contributed by atoms with van der Waals surface area (Å²) in [4.78, 5) is 12.6. The third-order valence-corrected chi connectivity index (χ3v) is 8.15. The first-order valence-electron chi connectivity index (χ1n) is 11.9. The van der Waals surface area contributed by atoms with E-state index in [0.717, 1.165) is 11.1 Å². The van der Waals surface area contributed by atoms with Gasteiger partial charge in [0.15, 0.2) is 0 Å². The minimum Gasteiger partial charge on any atom is -0.374 e. The van der Waals surface area contributed by atoms with Crippen LogP contribution < -0.4 is 15.6 Å². The van der Waals surface area contributed by atoms with E-state index < -0.39 is 27.7 Å². The highest BCUT2D eigenvalue weighted by molar-refractivity contribution is 7.88. The fourth-order valence-electron chi connectivity index (χ4n) is 4.13. The number of hydrogen-bond acceptors (Lipinski definition) is 4. The number of aromatic nitrogens is 1. The van der Waals surface area contributed by atoms with Gasteiger partial charge in [-0.15, -0.1) is 0 Å². The number of anilines is 3. The van der Waals surface area contributed by atoms with Crippen molar-refractivity contribution >= 4 is 28.2 Å². The van der Waals surface area contributed by atoms with Gasteiger partial charge in [-0.3, -0.25) is 9.36 Å². The molecule has 1 aromatic heterocycles. The van der Waals surface area contributed by atoms with E-state index in [0.29, 0.717) is 30.7 Å². The summed E-state index contributed by atoms with van der Waals surface area (Å²) >= 11 is 0. The molecule has 192 valence electrons. The lowest BCUT2D eigenvalue weighted by molar-refractivity contribution is 0.0655. The number of hydrogen-bond donors (Lipinski definition) is 2. The fraction of sp³-hybridized carbons (Fsp3) is 0.370. The second kappa shape index (κ2) is 10.9. The van der Waals surface area contributed by atoms with Crippen LogP contribution in [-0.2, 0) is 29.4 Å². The first kappa shape index (κ1) is 26.0. The highest BCUT2D eigenvalue weighted by Crippen LogP contribution is 2.46. The average Bonchev–Trinajstić information content (AvgIpc) is 3.62. The Morgan fingerprint density at radius 2 is 1.83 bits per heavy atom. The van der Waals surface area contributed by atoms with Crippen molar-refractivity contribution in [1.29, 1.82) is 0 Å². The van der Waals surface area contributed by atoms with Crippen LogP contribution in [0.2, 0.25) is 0 Å². The number of halogens is 2. The standard InChI is InChI=1S/C27H31F2N3O3S/c1-18-9-10-23(22(29)13-18)30-25-24(14-19(2)26(33)32(25)3)31-36(34)27(11-12-27)15-21(28)17-35-16-20-7-5-4-6-8-20/h4-10,13-14,21,30-31H,11-12,15-17H2,1-3H3. The molecular weight excluding hydrogens is 484 g/mol. The molecule has 1 saturated carbocycles. The summed E-state index contributed by atoms with van der Waals surface area (Å²) in [5, 5.41) is 2.96. The average molecular weight is 516 g/mol. The number of nitrogens with one attached hydrogen (secondary N) is 2. The minimum absolute atomic E-state index is 0.0771. The monoisotopic (exact) mass is 515 g/mol. The quantitative estimate of drug-likeness (QED) is 0.357. The smallest absolute Gasteiger partial charge is 0.254 e. The normalized spacial score (nSPS) is 15.8. The molecule has 1 aliphatic rings. The maximum Gasteiger partial charge on any atom is 0.254 e. The number of pyridine rings is 1. The van der Waals surface area contributed by atoms with Gasteiger partial charge in [-0.1, -0.05) is 36.4 Å². The van der Waals surface area contributed by atoms with Crippen LogP contribution in [-0.4, -0.2) is 26.3 Å². The minimum atomic E-state index is -1.63. The van der Waals surface area contributed by atoms with Crippen LogP contribution in [0.4, 0.5) is 26.0 Å². The molecule has 2 N–H and O–H groups in total. The van der Waals surface area contributed by atoms with E-state index in [1.165, 1.54) is 10.6 Å². The topological polar surface area (TPSA) is 72.4 Å². The molecule has 1 aliphatic carbocycles. The first-order valence-corrected chi connectivity index (χ1v) is 13.0. The number of nitrogens with zero attached hydrogens (tertiary/aromatic N) is 1. The predicted molar refractivity (Wildman–Crippen MR) is 140 cm³/mol. The molecule has 36 heavy (non-hydrogen) atoms. The molecule has 0 amide bonds. The third kappa shape index (κ3) is 6.02. The van der Waals surface area contributed by atoms with Crippen LogP contribution in [0.25, 0.3) is 0 Å². The SMILES string of the molecule is Cc1ccc(Nc2c(NS(=O)C3(CC(F)COCc4ccccc4)CC3)cc(C)c(=O)n2C)c(F)c1.